The van der Waals surface area contributed by atoms with Crippen LogP contribution in [0.15, 0.2) is 24.3 Å². The normalized spacial score (nSPS) is 12.7. The second-order valence-corrected chi connectivity index (χ2v) is 4.10. The van der Waals surface area contributed by atoms with Gasteiger partial charge in [0.05, 0.1) is 0 Å². The average molecular weight is 367 g/mol. The Bertz CT molecular complexity index is 395. The lowest BCUT2D eigenvalue weighted by atomic mass is 9.92. The van der Waals surface area contributed by atoms with Crippen LogP contribution in [0.3, 0.4) is 0 Å². The third-order valence-electron chi connectivity index (χ3n) is 2.35. The summed E-state index contributed by atoms with van der Waals surface area (Å²) in [5, 5.41) is 9.34. The van der Waals surface area contributed by atoms with Crippen molar-refractivity contribution in [3.8, 4) is 0 Å². The maximum absolute atomic E-state index is 12.5. The van der Waals surface area contributed by atoms with Crippen molar-refractivity contribution in [2.45, 2.75) is 37.1 Å². The van der Waals surface area contributed by atoms with E-state index in [0.717, 1.165) is 12.1 Å². The SMILES string of the molecule is CC.OC(c1ccc(CBr)cc1)(C(F)(F)F)C(F)(F)F. The van der Waals surface area contributed by atoms with Crippen LogP contribution < -0.4 is 0 Å². The zero-order valence-electron chi connectivity index (χ0n) is 10.6. The van der Waals surface area contributed by atoms with Crippen molar-refractivity contribution in [2.24, 2.45) is 0 Å². The van der Waals surface area contributed by atoms with Crippen LogP contribution in [0, 0.1) is 0 Å². The summed E-state index contributed by atoms with van der Waals surface area (Å²) in [6, 6.07) is 3.37. The molecule has 0 amide bonds. The van der Waals surface area contributed by atoms with Gasteiger partial charge in [-0.3, -0.25) is 0 Å². The molecule has 0 unspecified atom stereocenters. The van der Waals surface area contributed by atoms with E-state index in [0.29, 0.717) is 17.7 Å². The van der Waals surface area contributed by atoms with Crippen molar-refractivity contribution in [3.63, 3.8) is 0 Å². The number of benzene rings is 1. The van der Waals surface area contributed by atoms with Crippen LogP contribution in [0.2, 0.25) is 0 Å². The predicted octanol–water partition coefficient (Wildman–Crippen LogP) is 4.92. The van der Waals surface area contributed by atoms with Gasteiger partial charge in [0.1, 0.15) is 0 Å². The van der Waals surface area contributed by atoms with E-state index in [1.54, 1.807) is 0 Å². The molecule has 0 aromatic heterocycles. The lowest BCUT2D eigenvalue weighted by Gasteiger charge is -2.32. The van der Waals surface area contributed by atoms with Gasteiger partial charge in [-0.2, -0.15) is 26.3 Å². The maximum atomic E-state index is 12.5. The summed E-state index contributed by atoms with van der Waals surface area (Å²) in [5.74, 6) is 0. The Morgan fingerprint density at radius 2 is 1.25 bits per heavy atom. The molecule has 1 rings (SSSR count). The van der Waals surface area contributed by atoms with Gasteiger partial charge in [0.15, 0.2) is 0 Å². The first kappa shape index (κ1) is 19.2. The van der Waals surface area contributed by atoms with Gasteiger partial charge in [-0.1, -0.05) is 54.0 Å². The molecule has 0 aliphatic rings. The Morgan fingerprint density at radius 1 is 0.900 bits per heavy atom. The number of rotatable bonds is 2. The molecule has 0 radical (unpaired) electrons. The Morgan fingerprint density at radius 3 is 1.50 bits per heavy atom. The minimum Gasteiger partial charge on any atom is -0.369 e. The molecule has 8 heteroatoms. The van der Waals surface area contributed by atoms with Crippen molar-refractivity contribution in [1.29, 1.82) is 0 Å². The van der Waals surface area contributed by atoms with Crippen LogP contribution in [0.5, 0.6) is 0 Å². The summed E-state index contributed by atoms with van der Waals surface area (Å²) in [5.41, 5.74) is -5.62. The summed E-state index contributed by atoms with van der Waals surface area (Å²) in [7, 11) is 0. The molecule has 1 aromatic rings. The third kappa shape index (κ3) is 3.66. The lowest BCUT2D eigenvalue weighted by molar-refractivity contribution is -0.376. The summed E-state index contributed by atoms with van der Waals surface area (Å²) < 4.78 is 74.9. The fourth-order valence-electron chi connectivity index (χ4n) is 1.32. The zero-order chi connectivity index (χ0) is 16.2. The van der Waals surface area contributed by atoms with Crippen LogP contribution in [0.1, 0.15) is 25.0 Å². The molecule has 0 saturated carbocycles. The molecule has 1 aromatic carbocycles. The van der Waals surface area contributed by atoms with E-state index in [1.165, 1.54) is 0 Å². The number of aliphatic hydroxyl groups is 1. The highest BCUT2D eigenvalue weighted by molar-refractivity contribution is 9.08. The Balaban J connectivity index is 0.00000172. The fraction of sp³-hybridized carbons (Fsp3) is 0.500. The molecule has 20 heavy (non-hydrogen) atoms. The van der Waals surface area contributed by atoms with E-state index < -0.39 is 23.5 Å². The molecule has 0 heterocycles. The first-order valence-electron chi connectivity index (χ1n) is 5.55. The van der Waals surface area contributed by atoms with Gasteiger partial charge in [0.25, 0.3) is 5.60 Å². The number of hydrogen-bond donors (Lipinski definition) is 1. The second-order valence-electron chi connectivity index (χ2n) is 3.54. The zero-order valence-corrected chi connectivity index (χ0v) is 12.2. The van der Waals surface area contributed by atoms with Crippen molar-refractivity contribution < 1.29 is 31.4 Å². The Labute approximate surface area is 120 Å². The number of alkyl halides is 7. The summed E-state index contributed by atoms with van der Waals surface area (Å²) in [6.07, 6.45) is -11.7. The summed E-state index contributed by atoms with van der Waals surface area (Å²) in [4.78, 5) is 0. The van der Waals surface area contributed by atoms with Gasteiger partial charge >= 0.3 is 12.4 Å². The highest BCUT2D eigenvalue weighted by atomic mass is 79.9. The van der Waals surface area contributed by atoms with Crippen LogP contribution >= 0.6 is 15.9 Å². The molecule has 0 atom stereocenters. The van der Waals surface area contributed by atoms with Gasteiger partial charge < -0.3 is 5.11 Å². The van der Waals surface area contributed by atoms with Crippen molar-refractivity contribution in [2.75, 3.05) is 0 Å². The van der Waals surface area contributed by atoms with Gasteiger partial charge in [0, 0.05) is 10.9 Å². The molecular weight excluding hydrogens is 354 g/mol. The van der Waals surface area contributed by atoms with E-state index >= 15 is 0 Å². The minimum atomic E-state index is -5.85. The topological polar surface area (TPSA) is 20.2 Å². The van der Waals surface area contributed by atoms with Gasteiger partial charge in [-0.15, -0.1) is 0 Å². The highest BCUT2D eigenvalue weighted by Crippen LogP contribution is 2.49. The van der Waals surface area contributed by atoms with Crippen LogP contribution in [0.25, 0.3) is 0 Å². The van der Waals surface area contributed by atoms with Crippen LogP contribution in [-0.4, -0.2) is 17.5 Å². The fourth-order valence-corrected chi connectivity index (χ4v) is 1.70. The highest BCUT2D eigenvalue weighted by Gasteiger charge is 2.71. The molecule has 0 aliphatic heterocycles. The largest absolute Gasteiger partial charge is 0.430 e. The first-order valence-corrected chi connectivity index (χ1v) is 6.67. The molecule has 1 N–H and O–H groups in total. The second kappa shape index (κ2) is 6.80. The molecular formula is C12H13BrF6O. The standard InChI is InChI=1S/C10H7BrF6O.C2H6/c11-5-6-1-3-7(4-2-6)8(18,9(12,13)14)10(15,16)17;1-2/h1-4,18H,5H2;1-2H3. The van der Waals surface area contributed by atoms with Crippen LogP contribution in [-0.2, 0) is 10.9 Å². The molecule has 1 nitrogen and oxygen atoms in total. The van der Waals surface area contributed by atoms with E-state index in [-0.39, 0.29) is 5.33 Å². The van der Waals surface area contributed by atoms with Gasteiger partial charge in [-0.05, 0) is 5.56 Å². The van der Waals surface area contributed by atoms with E-state index in [9.17, 15) is 26.3 Å². The molecule has 0 saturated heterocycles. The molecule has 116 valence electrons. The van der Waals surface area contributed by atoms with E-state index in [1.807, 2.05) is 13.8 Å². The summed E-state index contributed by atoms with van der Waals surface area (Å²) in [6.45, 7) is 4.00. The van der Waals surface area contributed by atoms with Crippen molar-refractivity contribution >= 4 is 15.9 Å². The summed E-state index contributed by atoms with van der Waals surface area (Å²) >= 11 is 3.00. The Kier molecular flexibility index (Phi) is 6.54. The first-order chi connectivity index (χ1) is 9.04. The molecule has 0 spiro atoms. The average Bonchev–Trinajstić information content (AvgIpc) is 2.37. The van der Waals surface area contributed by atoms with E-state index in [4.69, 9.17) is 5.11 Å². The monoisotopic (exact) mass is 366 g/mol. The third-order valence-corrected chi connectivity index (χ3v) is 2.99. The quantitative estimate of drug-likeness (QED) is 0.581. The lowest BCUT2D eigenvalue weighted by Crippen LogP contribution is -2.53. The minimum absolute atomic E-state index is 0.281. The van der Waals surface area contributed by atoms with Gasteiger partial charge in [0.2, 0.25) is 0 Å². The molecule has 0 bridgehead atoms. The smallest absolute Gasteiger partial charge is 0.369 e. The number of halogens is 7. The van der Waals surface area contributed by atoms with Gasteiger partial charge in [-0.25, -0.2) is 0 Å². The Hall–Kier alpha value is -0.760. The van der Waals surface area contributed by atoms with Crippen LogP contribution in [0.4, 0.5) is 26.3 Å². The maximum Gasteiger partial charge on any atom is 0.430 e. The predicted molar refractivity (Wildman–Crippen MR) is 66.4 cm³/mol. The van der Waals surface area contributed by atoms with Crippen molar-refractivity contribution in [1.82, 2.24) is 0 Å². The number of hydrogen-bond acceptors (Lipinski definition) is 1. The van der Waals surface area contributed by atoms with Crippen molar-refractivity contribution in [3.05, 3.63) is 35.4 Å². The van der Waals surface area contributed by atoms with E-state index in [2.05, 4.69) is 15.9 Å². The molecule has 0 fully saturated rings. The molecule has 0 aliphatic carbocycles.